The highest BCUT2D eigenvalue weighted by atomic mass is 19.3. The third-order valence-corrected chi connectivity index (χ3v) is 3.26. The Kier molecular flexibility index (Phi) is 6.88. The molecule has 1 rings (SSSR count). The maximum Gasteiger partial charge on any atom is 0.387 e. The van der Waals surface area contributed by atoms with Gasteiger partial charge in [-0.15, -0.1) is 0 Å². The van der Waals surface area contributed by atoms with E-state index in [-0.39, 0.29) is 5.75 Å². The minimum atomic E-state index is -2.77. The SMILES string of the molecule is CC(C)C(CNCc1ccc(OC(F)F)cc1)N(C)C. The Morgan fingerprint density at radius 1 is 1.15 bits per heavy atom. The van der Waals surface area contributed by atoms with Gasteiger partial charge in [0.2, 0.25) is 0 Å². The third-order valence-electron chi connectivity index (χ3n) is 3.26. The van der Waals surface area contributed by atoms with Crippen LogP contribution < -0.4 is 10.1 Å². The fraction of sp³-hybridized carbons (Fsp3) is 0.600. The topological polar surface area (TPSA) is 24.5 Å². The smallest absolute Gasteiger partial charge is 0.387 e. The van der Waals surface area contributed by atoms with Gasteiger partial charge in [-0.3, -0.25) is 0 Å². The van der Waals surface area contributed by atoms with Crippen molar-refractivity contribution in [1.29, 1.82) is 0 Å². The van der Waals surface area contributed by atoms with E-state index in [1.165, 1.54) is 0 Å². The molecular formula is C15H24F2N2O. The van der Waals surface area contributed by atoms with Crippen LogP contribution in [0, 0.1) is 5.92 Å². The monoisotopic (exact) mass is 286 g/mol. The average molecular weight is 286 g/mol. The maximum absolute atomic E-state index is 12.0. The fourth-order valence-electron chi connectivity index (χ4n) is 2.17. The van der Waals surface area contributed by atoms with Crippen LogP contribution in [-0.4, -0.2) is 38.2 Å². The van der Waals surface area contributed by atoms with Gasteiger partial charge in [0.25, 0.3) is 0 Å². The molecule has 1 N–H and O–H groups in total. The lowest BCUT2D eigenvalue weighted by molar-refractivity contribution is -0.0498. The maximum atomic E-state index is 12.0. The molecule has 0 radical (unpaired) electrons. The molecule has 0 saturated carbocycles. The summed E-state index contributed by atoms with van der Waals surface area (Å²) < 4.78 is 28.4. The second-order valence-electron chi connectivity index (χ2n) is 5.43. The summed E-state index contributed by atoms with van der Waals surface area (Å²) in [7, 11) is 4.14. The standard InChI is InChI=1S/C15H24F2N2O/c1-11(2)14(19(3)4)10-18-9-12-5-7-13(8-6-12)20-15(16)17/h5-8,11,14-15,18H,9-10H2,1-4H3. The molecule has 1 unspecified atom stereocenters. The molecule has 0 aliphatic carbocycles. The van der Waals surface area contributed by atoms with Crippen LogP contribution in [0.4, 0.5) is 8.78 Å². The quantitative estimate of drug-likeness (QED) is 0.795. The van der Waals surface area contributed by atoms with Crippen molar-refractivity contribution in [3.8, 4) is 5.75 Å². The van der Waals surface area contributed by atoms with Crippen LogP contribution in [0.15, 0.2) is 24.3 Å². The molecular weight excluding hydrogens is 262 g/mol. The molecule has 5 heteroatoms. The molecule has 20 heavy (non-hydrogen) atoms. The number of benzene rings is 1. The van der Waals surface area contributed by atoms with Gasteiger partial charge in [0.1, 0.15) is 5.75 Å². The van der Waals surface area contributed by atoms with Crippen molar-refractivity contribution < 1.29 is 13.5 Å². The Hall–Kier alpha value is -1.20. The van der Waals surface area contributed by atoms with Crippen molar-refractivity contribution in [3.63, 3.8) is 0 Å². The molecule has 0 aromatic heterocycles. The van der Waals surface area contributed by atoms with E-state index in [2.05, 4.69) is 42.9 Å². The predicted molar refractivity (Wildman–Crippen MR) is 77.1 cm³/mol. The zero-order valence-corrected chi connectivity index (χ0v) is 12.6. The van der Waals surface area contributed by atoms with E-state index in [1.807, 2.05) is 0 Å². The van der Waals surface area contributed by atoms with Crippen molar-refractivity contribution in [2.24, 2.45) is 5.92 Å². The molecule has 1 aromatic carbocycles. The lowest BCUT2D eigenvalue weighted by atomic mass is 10.0. The molecule has 0 heterocycles. The summed E-state index contributed by atoms with van der Waals surface area (Å²) >= 11 is 0. The number of rotatable bonds is 8. The van der Waals surface area contributed by atoms with Gasteiger partial charge in [0, 0.05) is 19.1 Å². The summed E-state index contributed by atoms with van der Waals surface area (Å²) in [6.45, 7) is 3.23. The van der Waals surface area contributed by atoms with Crippen LogP contribution >= 0.6 is 0 Å². The van der Waals surface area contributed by atoms with Crippen LogP contribution in [-0.2, 0) is 6.54 Å². The van der Waals surface area contributed by atoms with E-state index in [1.54, 1.807) is 24.3 Å². The Balaban J connectivity index is 2.42. The van der Waals surface area contributed by atoms with Gasteiger partial charge in [0.15, 0.2) is 0 Å². The second-order valence-corrected chi connectivity index (χ2v) is 5.43. The summed E-state index contributed by atoms with van der Waals surface area (Å²) in [4.78, 5) is 2.21. The average Bonchev–Trinajstić information content (AvgIpc) is 2.35. The van der Waals surface area contributed by atoms with Gasteiger partial charge in [-0.1, -0.05) is 26.0 Å². The first-order valence-corrected chi connectivity index (χ1v) is 6.81. The number of hydrogen-bond donors (Lipinski definition) is 1. The molecule has 1 aromatic rings. The van der Waals surface area contributed by atoms with Gasteiger partial charge < -0.3 is 15.0 Å². The summed E-state index contributed by atoms with van der Waals surface area (Å²) in [5.74, 6) is 0.761. The number of likely N-dealkylation sites (N-methyl/N-ethyl adjacent to an activating group) is 1. The lowest BCUT2D eigenvalue weighted by Crippen LogP contribution is -2.41. The highest BCUT2D eigenvalue weighted by Gasteiger charge is 2.14. The van der Waals surface area contributed by atoms with E-state index < -0.39 is 6.61 Å². The first-order chi connectivity index (χ1) is 9.40. The molecule has 0 amide bonds. The number of halogens is 2. The summed E-state index contributed by atoms with van der Waals surface area (Å²) in [6, 6.07) is 7.19. The zero-order valence-electron chi connectivity index (χ0n) is 12.6. The Bertz CT molecular complexity index is 372. The molecule has 0 saturated heterocycles. The third kappa shape index (κ3) is 5.84. The van der Waals surface area contributed by atoms with Gasteiger partial charge in [-0.05, 0) is 37.7 Å². The van der Waals surface area contributed by atoms with Gasteiger partial charge in [0.05, 0.1) is 0 Å². The first kappa shape index (κ1) is 16.9. The Morgan fingerprint density at radius 3 is 2.20 bits per heavy atom. The zero-order chi connectivity index (χ0) is 15.1. The van der Waals surface area contributed by atoms with E-state index in [9.17, 15) is 8.78 Å². The van der Waals surface area contributed by atoms with Crippen molar-refractivity contribution in [2.75, 3.05) is 20.6 Å². The Morgan fingerprint density at radius 2 is 1.75 bits per heavy atom. The van der Waals surface area contributed by atoms with Gasteiger partial charge >= 0.3 is 6.61 Å². The number of nitrogens with zero attached hydrogens (tertiary/aromatic N) is 1. The predicted octanol–water partition coefficient (Wildman–Crippen LogP) is 2.96. The van der Waals surface area contributed by atoms with Crippen molar-refractivity contribution in [2.45, 2.75) is 33.0 Å². The molecule has 114 valence electrons. The minimum Gasteiger partial charge on any atom is -0.435 e. The molecule has 3 nitrogen and oxygen atoms in total. The largest absolute Gasteiger partial charge is 0.435 e. The summed E-state index contributed by atoms with van der Waals surface area (Å²) in [6.07, 6.45) is 0. The molecule has 0 aliphatic rings. The number of ether oxygens (including phenoxy) is 1. The van der Waals surface area contributed by atoms with Crippen molar-refractivity contribution >= 4 is 0 Å². The second kappa shape index (κ2) is 8.17. The van der Waals surface area contributed by atoms with Crippen molar-refractivity contribution in [3.05, 3.63) is 29.8 Å². The van der Waals surface area contributed by atoms with E-state index in [0.717, 1.165) is 12.1 Å². The highest BCUT2D eigenvalue weighted by molar-refractivity contribution is 5.27. The highest BCUT2D eigenvalue weighted by Crippen LogP contribution is 2.15. The van der Waals surface area contributed by atoms with Gasteiger partial charge in [-0.25, -0.2) is 0 Å². The molecule has 0 fully saturated rings. The van der Waals surface area contributed by atoms with Crippen LogP contribution in [0.2, 0.25) is 0 Å². The molecule has 0 aliphatic heterocycles. The van der Waals surface area contributed by atoms with Crippen LogP contribution in [0.3, 0.4) is 0 Å². The first-order valence-electron chi connectivity index (χ1n) is 6.81. The summed E-state index contributed by atoms with van der Waals surface area (Å²) in [5, 5.41) is 3.39. The lowest BCUT2D eigenvalue weighted by Gasteiger charge is -2.28. The number of nitrogens with one attached hydrogen (secondary N) is 1. The van der Waals surface area contributed by atoms with Crippen molar-refractivity contribution in [1.82, 2.24) is 10.2 Å². The normalized spacial score (nSPS) is 13.2. The van der Waals surface area contributed by atoms with Crippen LogP contribution in [0.25, 0.3) is 0 Å². The van der Waals surface area contributed by atoms with Crippen LogP contribution in [0.5, 0.6) is 5.75 Å². The molecule has 1 atom stereocenters. The van der Waals surface area contributed by atoms with E-state index >= 15 is 0 Å². The molecule has 0 spiro atoms. The van der Waals surface area contributed by atoms with Gasteiger partial charge in [-0.2, -0.15) is 8.78 Å². The van der Waals surface area contributed by atoms with Crippen LogP contribution in [0.1, 0.15) is 19.4 Å². The number of hydrogen-bond acceptors (Lipinski definition) is 3. The number of alkyl halides is 2. The Labute approximate surface area is 119 Å². The van der Waals surface area contributed by atoms with E-state index in [4.69, 9.17) is 0 Å². The minimum absolute atomic E-state index is 0.192. The summed E-state index contributed by atoms with van der Waals surface area (Å²) in [5.41, 5.74) is 1.05. The fourth-order valence-corrected chi connectivity index (χ4v) is 2.17. The molecule has 0 bridgehead atoms. The van der Waals surface area contributed by atoms with E-state index in [0.29, 0.717) is 18.5 Å².